The van der Waals surface area contributed by atoms with Crippen molar-refractivity contribution in [2.45, 2.75) is 44.4 Å². The summed E-state index contributed by atoms with van der Waals surface area (Å²) in [5, 5.41) is 3.57. The van der Waals surface area contributed by atoms with E-state index in [0.29, 0.717) is 30.3 Å². The highest BCUT2D eigenvalue weighted by Crippen LogP contribution is 2.33. The first-order valence-corrected chi connectivity index (χ1v) is 11.7. The molecule has 2 heterocycles. The van der Waals surface area contributed by atoms with Gasteiger partial charge in [-0.25, -0.2) is 9.37 Å². The number of carbonyl (C=O) groups is 1. The monoisotopic (exact) mass is 431 g/mol. The van der Waals surface area contributed by atoms with E-state index in [0.717, 1.165) is 35.0 Å². The van der Waals surface area contributed by atoms with Gasteiger partial charge in [0.15, 0.2) is 0 Å². The van der Waals surface area contributed by atoms with Crippen LogP contribution in [0.25, 0.3) is 10.2 Å². The number of carbonyl (C=O) groups excluding carboxylic acids is 1. The Balaban J connectivity index is 1.28. The second-order valence-corrected chi connectivity index (χ2v) is 9.30. The van der Waals surface area contributed by atoms with Crippen LogP contribution >= 0.6 is 23.1 Å². The Bertz CT molecular complexity index is 1090. The third kappa shape index (κ3) is 4.87. The van der Waals surface area contributed by atoms with E-state index in [1.165, 1.54) is 29.0 Å². The van der Waals surface area contributed by atoms with Gasteiger partial charge in [0, 0.05) is 23.6 Å². The van der Waals surface area contributed by atoms with Crippen molar-refractivity contribution in [3.05, 3.63) is 62.3 Å². The molecule has 2 N–H and O–H groups in total. The summed E-state index contributed by atoms with van der Waals surface area (Å²) >= 11 is 3.21. The van der Waals surface area contributed by atoms with Crippen molar-refractivity contribution < 1.29 is 9.18 Å². The van der Waals surface area contributed by atoms with Gasteiger partial charge >= 0.3 is 0 Å². The predicted molar refractivity (Wildman–Crippen MR) is 116 cm³/mol. The van der Waals surface area contributed by atoms with Crippen molar-refractivity contribution in [3.63, 3.8) is 0 Å². The van der Waals surface area contributed by atoms with Gasteiger partial charge in [0.2, 0.25) is 5.91 Å². The van der Waals surface area contributed by atoms with E-state index in [9.17, 15) is 14.0 Å². The molecule has 4 rings (SSSR count). The lowest BCUT2D eigenvalue weighted by molar-refractivity contribution is -0.120. The minimum absolute atomic E-state index is 0.0437. The molecule has 0 saturated heterocycles. The van der Waals surface area contributed by atoms with Crippen molar-refractivity contribution in [1.29, 1.82) is 0 Å². The van der Waals surface area contributed by atoms with Crippen LogP contribution in [0, 0.1) is 5.82 Å². The number of aromatic nitrogens is 2. The molecular weight excluding hydrogens is 409 g/mol. The molecule has 1 aliphatic carbocycles. The van der Waals surface area contributed by atoms with Crippen LogP contribution in [-0.4, -0.2) is 21.6 Å². The number of rotatable bonds is 7. The second-order valence-electron chi connectivity index (χ2n) is 7.11. The van der Waals surface area contributed by atoms with Gasteiger partial charge < -0.3 is 10.3 Å². The number of aryl methyl sites for hydroxylation is 2. The first-order chi connectivity index (χ1) is 14.1. The van der Waals surface area contributed by atoms with Crippen molar-refractivity contribution in [1.82, 2.24) is 15.3 Å². The Morgan fingerprint density at radius 2 is 2.17 bits per heavy atom. The van der Waals surface area contributed by atoms with Crippen LogP contribution in [-0.2, 0) is 29.9 Å². The average molecular weight is 432 g/mol. The third-order valence-corrected chi connectivity index (χ3v) is 7.12. The van der Waals surface area contributed by atoms with Crippen molar-refractivity contribution in [3.8, 4) is 0 Å². The zero-order valence-corrected chi connectivity index (χ0v) is 17.6. The maximum atomic E-state index is 13.1. The Hall–Kier alpha value is -2.19. The fourth-order valence-electron chi connectivity index (χ4n) is 3.55. The molecule has 1 aliphatic rings. The Morgan fingerprint density at radius 1 is 1.31 bits per heavy atom. The standard InChI is InChI=1S/C21H22FN3O2S2/c22-14-5-3-4-13(10-14)11-23-18(26)8-9-28-12-17-24-20(27)19-15-6-1-2-7-16(15)29-21(19)25-17/h3-5,10H,1-2,6-9,11-12H2,(H,23,26)(H,24,25,27). The highest BCUT2D eigenvalue weighted by atomic mass is 32.2. The third-order valence-electron chi connectivity index (χ3n) is 4.97. The van der Waals surface area contributed by atoms with Gasteiger partial charge in [-0.1, -0.05) is 12.1 Å². The highest BCUT2D eigenvalue weighted by molar-refractivity contribution is 7.98. The van der Waals surface area contributed by atoms with Crippen LogP contribution in [0.4, 0.5) is 4.39 Å². The minimum Gasteiger partial charge on any atom is -0.352 e. The molecule has 0 spiro atoms. The number of H-pyrrole nitrogens is 1. The SMILES string of the molecule is O=C(CCSCc1nc2sc3c(c2c(=O)[nH]1)CCCC3)NCc1cccc(F)c1. The van der Waals surface area contributed by atoms with E-state index < -0.39 is 0 Å². The highest BCUT2D eigenvalue weighted by Gasteiger charge is 2.19. The zero-order chi connectivity index (χ0) is 20.2. The normalized spacial score (nSPS) is 13.4. The van der Waals surface area contributed by atoms with Gasteiger partial charge in [0.05, 0.1) is 11.1 Å². The summed E-state index contributed by atoms with van der Waals surface area (Å²) in [6.07, 6.45) is 4.70. The molecule has 0 radical (unpaired) electrons. The molecule has 0 unspecified atom stereocenters. The maximum Gasteiger partial charge on any atom is 0.259 e. The Morgan fingerprint density at radius 3 is 3.03 bits per heavy atom. The van der Waals surface area contributed by atoms with Gasteiger partial charge in [-0.3, -0.25) is 9.59 Å². The molecular formula is C21H22FN3O2S2. The topological polar surface area (TPSA) is 74.8 Å². The molecule has 1 aromatic carbocycles. The van der Waals surface area contributed by atoms with Gasteiger partial charge in [-0.2, -0.15) is 11.8 Å². The summed E-state index contributed by atoms with van der Waals surface area (Å²) in [6.45, 7) is 0.315. The van der Waals surface area contributed by atoms with E-state index >= 15 is 0 Å². The van der Waals surface area contributed by atoms with Gasteiger partial charge in [-0.15, -0.1) is 11.3 Å². The van der Waals surface area contributed by atoms with E-state index in [1.807, 2.05) is 0 Å². The van der Waals surface area contributed by atoms with Gasteiger partial charge in [0.25, 0.3) is 5.56 Å². The molecule has 1 amide bonds. The van der Waals surface area contributed by atoms with Crippen LogP contribution in [0.2, 0.25) is 0 Å². The quantitative estimate of drug-likeness (QED) is 0.556. The number of thioether (sulfide) groups is 1. The number of fused-ring (bicyclic) bond motifs is 3. The van der Waals surface area contributed by atoms with Crippen molar-refractivity contribution >= 4 is 39.2 Å². The average Bonchev–Trinajstić information content (AvgIpc) is 3.08. The lowest BCUT2D eigenvalue weighted by Gasteiger charge is -2.09. The number of amides is 1. The fraction of sp³-hybridized carbons (Fsp3) is 0.381. The molecule has 3 aromatic rings. The molecule has 0 saturated carbocycles. The first-order valence-electron chi connectivity index (χ1n) is 9.72. The molecule has 152 valence electrons. The molecule has 0 aliphatic heterocycles. The largest absolute Gasteiger partial charge is 0.352 e. The van der Waals surface area contributed by atoms with E-state index in [1.54, 1.807) is 35.2 Å². The van der Waals surface area contributed by atoms with E-state index in [-0.39, 0.29) is 17.3 Å². The molecule has 8 heteroatoms. The van der Waals surface area contributed by atoms with Crippen LogP contribution < -0.4 is 10.9 Å². The van der Waals surface area contributed by atoms with Crippen LogP contribution in [0.15, 0.2) is 29.1 Å². The summed E-state index contributed by atoms with van der Waals surface area (Å²) in [4.78, 5) is 34.2. The summed E-state index contributed by atoms with van der Waals surface area (Å²) in [6, 6.07) is 6.19. The number of hydrogen-bond acceptors (Lipinski definition) is 5. The lowest BCUT2D eigenvalue weighted by atomic mass is 9.97. The van der Waals surface area contributed by atoms with Gasteiger partial charge in [-0.05, 0) is 48.9 Å². The van der Waals surface area contributed by atoms with Crippen LogP contribution in [0.1, 0.15) is 41.1 Å². The summed E-state index contributed by atoms with van der Waals surface area (Å²) in [5.41, 5.74) is 1.89. The number of nitrogens with one attached hydrogen (secondary N) is 2. The van der Waals surface area contributed by atoms with Crippen molar-refractivity contribution in [2.75, 3.05) is 5.75 Å². The number of halogens is 1. The summed E-state index contributed by atoms with van der Waals surface area (Å²) in [7, 11) is 0. The molecule has 29 heavy (non-hydrogen) atoms. The zero-order valence-electron chi connectivity index (χ0n) is 15.9. The summed E-state index contributed by atoms with van der Waals surface area (Å²) in [5.74, 6) is 1.45. The molecule has 2 aromatic heterocycles. The number of hydrogen-bond donors (Lipinski definition) is 2. The first kappa shape index (κ1) is 20.1. The smallest absolute Gasteiger partial charge is 0.259 e. The number of benzene rings is 1. The number of thiophene rings is 1. The van der Waals surface area contributed by atoms with E-state index in [4.69, 9.17) is 0 Å². The molecule has 0 atom stereocenters. The van der Waals surface area contributed by atoms with Crippen LogP contribution in [0.5, 0.6) is 0 Å². The molecule has 5 nitrogen and oxygen atoms in total. The predicted octanol–water partition coefficient (Wildman–Crippen LogP) is 3.94. The number of nitrogens with zero attached hydrogens (tertiary/aromatic N) is 1. The fourth-order valence-corrected chi connectivity index (χ4v) is 5.63. The van der Waals surface area contributed by atoms with Gasteiger partial charge in [0.1, 0.15) is 16.5 Å². The minimum atomic E-state index is -0.308. The molecule has 0 bridgehead atoms. The van der Waals surface area contributed by atoms with Crippen molar-refractivity contribution in [2.24, 2.45) is 0 Å². The molecule has 0 fully saturated rings. The second kappa shape index (κ2) is 9.09. The number of aromatic amines is 1. The van der Waals surface area contributed by atoms with E-state index in [2.05, 4.69) is 15.3 Å². The summed E-state index contributed by atoms with van der Waals surface area (Å²) < 4.78 is 13.1. The lowest BCUT2D eigenvalue weighted by Crippen LogP contribution is -2.23. The maximum absolute atomic E-state index is 13.1. The Labute approximate surface area is 176 Å². The Kier molecular flexibility index (Phi) is 6.30. The van der Waals surface area contributed by atoms with Crippen LogP contribution in [0.3, 0.4) is 0 Å².